The van der Waals surface area contributed by atoms with Crippen LogP contribution in [0.1, 0.15) is 28.2 Å². The van der Waals surface area contributed by atoms with Gasteiger partial charge in [-0.25, -0.2) is 0 Å². The van der Waals surface area contributed by atoms with Crippen LogP contribution in [0.4, 0.5) is 0 Å². The Labute approximate surface area is 228 Å². The molecule has 0 radical (unpaired) electrons. The number of fused-ring (bicyclic) bond motifs is 3. The third-order valence-corrected chi connectivity index (χ3v) is 7.90. The van der Waals surface area contributed by atoms with E-state index >= 15 is 0 Å². The van der Waals surface area contributed by atoms with Gasteiger partial charge in [0, 0.05) is 0 Å². The van der Waals surface area contributed by atoms with Crippen LogP contribution in [0.25, 0.3) is 16.7 Å². The second-order valence-electron chi connectivity index (χ2n) is 8.29. The Hall–Kier alpha value is -2.44. The standard InChI is InChI=1S/C31H21.2ClH.Zr/c1-3-11-22(12-4-1)30(23-13-5-2-6-14-23)24-19-20-25(21-24)31-28-17-9-7-15-26(28)27-16-8-10-18-29(27)31;;;/h1-20,31H;2*1H;/q;;;+2/p-2. The average molecular weight is 556 g/mol. The number of hydrogen-bond donors (Lipinski definition) is 0. The summed E-state index contributed by atoms with van der Waals surface area (Å²) in [6, 6.07) is 39.4. The van der Waals surface area contributed by atoms with Gasteiger partial charge in [0.15, 0.2) is 0 Å². The quantitative estimate of drug-likeness (QED) is 0.361. The van der Waals surface area contributed by atoms with Gasteiger partial charge >= 0.3 is 205 Å². The summed E-state index contributed by atoms with van der Waals surface area (Å²) in [6.07, 6.45) is 4.72. The Bertz CT molecular complexity index is 1330. The predicted molar refractivity (Wildman–Crippen MR) is 129 cm³/mol. The van der Waals surface area contributed by atoms with Crippen LogP contribution < -0.4 is 24.8 Å². The molecule has 0 N–H and O–H groups in total. The van der Waals surface area contributed by atoms with Gasteiger partial charge in [-0.05, 0) is 0 Å². The number of halogens is 2. The molecule has 0 spiro atoms. The third kappa shape index (κ3) is 4.11. The van der Waals surface area contributed by atoms with Gasteiger partial charge in [-0.2, -0.15) is 0 Å². The molecular weight excluding hydrogens is 534 g/mol. The molecule has 163 valence electrons. The Balaban J connectivity index is 0.00000137. The maximum absolute atomic E-state index is 2.37. The summed E-state index contributed by atoms with van der Waals surface area (Å²) in [4.78, 5) is 0. The van der Waals surface area contributed by atoms with Crippen molar-refractivity contribution in [3.63, 3.8) is 0 Å². The van der Waals surface area contributed by atoms with Crippen LogP contribution in [0.3, 0.4) is 0 Å². The third-order valence-electron chi connectivity index (χ3n) is 6.53. The Morgan fingerprint density at radius 2 is 0.971 bits per heavy atom. The molecule has 0 fully saturated rings. The number of rotatable bonds is 3. The predicted octanol–water partition coefficient (Wildman–Crippen LogP) is 1.68. The van der Waals surface area contributed by atoms with Crippen molar-refractivity contribution in [1.82, 2.24) is 0 Å². The summed E-state index contributed by atoms with van der Waals surface area (Å²) >= 11 is 1.45. The number of allylic oxidation sites excluding steroid dienone is 5. The molecule has 2 aliphatic rings. The zero-order valence-corrected chi connectivity index (χ0v) is 22.4. The summed E-state index contributed by atoms with van der Waals surface area (Å²) in [5.74, 6) is 0.304. The molecule has 3 heteroatoms. The summed E-state index contributed by atoms with van der Waals surface area (Å²) in [5, 5.41) is 0. The normalized spacial score (nSPS) is 13.8. The van der Waals surface area contributed by atoms with Crippen LogP contribution >= 0.6 is 0 Å². The van der Waals surface area contributed by atoms with E-state index in [0.29, 0.717) is 5.92 Å². The van der Waals surface area contributed by atoms with E-state index in [4.69, 9.17) is 0 Å². The molecule has 4 aromatic rings. The number of benzene rings is 4. The van der Waals surface area contributed by atoms with Crippen molar-refractivity contribution in [1.29, 1.82) is 0 Å². The van der Waals surface area contributed by atoms with Gasteiger partial charge in [0.1, 0.15) is 0 Å². The first-order valence-electron chi connectivity index (χ1n) is 11.0. The summed E-state index contributed by atoms with van der Waals surface area (Å²) in [5.41, 5.74) is 12.3. The fraction of sp³-hybridized carbons (Fsp3) is 0.0323. The molecule has 34 heavy (non-hydrogen) atoms. The molecule has 0 amide bonds. The van der Waals surface area contributed by atoms with Crippen LogP contribution in [0.5, 0.6) is 0 Å². The van der Waals surface area contributed by atoms with E-state index < -0.39 is 0 Å². The van der Waals surface area contributed by atoms with Crippen molar-refractivity contribution in [2.45, 2.75) is 5.92 Å². The van der Waals surface area contributed by atoms with Gasteiger partial charge in [0.05, 0.1) is 0 Å². The molecule has 0 bridgehead atoms. The summed E-state index contributed by atoms with van der Waals surface area (Å²) < 4.78 is 1.46. The number of hydrogen-bond acceptors (Lipinski definition) is 0. The van der Waals surface area contributed by atoms with Crippen LogP contribution in [0, 0.1) is 0 Å². The first-order valence-corrected chi connectivity index (χ1v) is 12.2. The molecule has 2 aliphatic carbocycles. The molecular formula is C31H21Cl2Zr. The van der Waals surface area contributed by atoms with Crippen molar-refractivity contribution in [3.05, 3.63) is 158 Å². The second kappa shape index (κ2) is 10.4. The zero-order chi connectivity index (χ0) is 21.5. The fourth-order valence-corrected chi connectivity index (χ4v) is 6.19. The Morgan fingerprint density at radius 3 is 1.47 bits per heavy atom. The van der Waals surface area contributed by atoms with Crippen LogP contribution in [0.15, 0.2) is 136 Å². The van der Waals surface area contributed by atoms with E-state index in [1.165, 1.54) is 78.1 Å². The van der Waals surface area contributed by atoms with E-state index in [1.807, 2.05) is 0 Å². The second-order valence-corrected chi connectivity index (χ2v) is 9.52. The Morgan fingerprint density at radius 1 is 0.529 bits per heavy atom. The van der Waals surface area contributed by atoms with Crippen molar-refractivity contribution in [3.8, 4) is 11.1 Å². The molecule has 0 saturated carbocycles. The van der Waals surface area contributed by atoms with Crippen molar-refractivity contribution in [2.75, 3.05) is 0 Å². The molecule has 0 unspecified atom stereocenters. The minimum absolute atomic E-state index is 0. The first-order chi connectivity index (χ1) is 15.8. The van der Waals surface area contributed by atoms with E-state index in [0.717, 1.165) is 0 Å². The minimum atomic E-state index is 0. The molecule has 6 rings (SSSR count). The van der Waals surface area contributed by atoms with E-state index in [2.05, 4.69) is 121 Å². The van der Waals surface area contributed by atoms with Crippen LogP contribution in [-0.4, -0.2) is 0 Å². The van der Waals surface area contributed by atoms with Gasteiger partial charge in [-0.1, -0.05) is 0 Å². The molecule has 0 aliphatic heterocycles. The zero-order valence-electron chi connectivity index (χ0n) is 18.4. The summed E-state index contributed by atoms with van der Waals surface area (Å²) in [6.45, 7) is 0. The molecule has 0 atom stereocenters. The van der Waals surface area contributed by atoms with E-state index in [9.17, 15) is 0 Å². The van der Waals surface area contributed by atoms with Gasteiger partial charge in [0.2, 0.25) is 0 Å². The SMILES string of the molecule is [Cl-].[Cl-].[Zr+2][C]1=C(C2c3ccccc3-c3ccccc32)C=CC1=C(c1ccccc1)c1ccccc1. The van der Waals surface area contributed by atoms with Gasteiger partial charge in [-0.15, -0.1) is 0 Å². The van der Waals surface area contributed by atoms with E-state index in [-0.39, 0.29) is 24.8 Å². The summed E-state index contributed by atoms with van der Waals surface area (Å²) in [7, 11) is 0. The van der Waals surface area contributed by atoms with Crippen molar-refractivity contribution < 1.29 is 49.5 Å². The molecule has 0 aromatic heterocycles. The average Bonchev–Trinajstić information content (AvgIpc) is 3.38. The first kappa shape index (κ1) is 24.7. The topological polar surface area (TPSA) is 0 Å². The van der Waals surface area contributed by atoms with E-state index in [1.54, 1.807) is 0 Å². The van der Waals surface area contributed by atoms with Gasteiger partial charge in [0.25, 0.3) is 0 Å². The van der Waals surface area contributed by atoms with Gasteiger partial charge < -0.3 is 24.8 Å². The Kier molecular flexibility index (Phi) is 7.58. The van der Waals surface area contributed by atoms with Crippen LogP contribution in [-0.2, 0) is 24.7 Å². The van der Waals surface area contributed by atoms with Crippen molar-refractivity contribution >= 4 is 5.57 Å². The van der Waals surface area contributed by atoms with Crippen LogP contribution in [0.2, 0.25) is 0 Å². The fourth-order valence-electron chi connectivity index (χ4n) is 5.12. The molecule has 0 heterocycles. The molecule has 4 aromatic carbocycles. The monoisotopic (exact) mass is 553 g/mol. The maximum atomic E-state index is 2.37. The van der Waals surface area contributed by atoms with Crippen molar-refractivity contribution in [2.24, 2.45) is 0 Å². The van der Waals surface area contributed by atoms with Gasteiger partial charge in [-0.3, -0.25) is 0 Å². The molecule has 0 saturated heterocycles. The molecule has 0 nitrogen and oxygen atoms in total.